The zero-order valence-corrected chi connectivity index (χ0v) is 9.77. The number of ketones is 1. The quantitative estimate of drug-likeness (QED) is 0.577. The van der Waals surface area contributed by atoms with Gasteiger partial charge in [0.05, 0.1) is 6.54 Å². The van der Waals surface area contributed by atoms with Crippen LogP contribution >= 0.6 is 0 Å². The van der Waals surface area contributed by atoms with Crippen LogP contribution in [0.5, 0.6) is 0 Å². The monoisotopic (exact) mass is 243 g/mol. The summed E-state index contributed by atoms with van der Waals surface area (Å²) in [7, 11) is 0. The molecule has 1 aliphatic heterocycles. The molecule has 1 unspecified atom stereocenters. The van der Waals surface area contributed by atoms with Gasteiger partial charge in [0.25, 0.3) is 5.91 Å². The summed E-state index contributed by atoms with van der Waals surface area (Å²) >= 11 is 0. The standard InChI is InChI=1S/C10H17N3O4/c1-7(14)6-17-12-10(16)8-3-2-4-13(8)9(15)5-11/h8H,2-6,11H2,1H3,(H,12,16). The van der Waals surface area contributed by atoms with Crippen molar-refractivity contribution in [2.24, 2.45) is 5.73 Å². The molecule has 0 aromatic heterocycles. The molecule has 1 atom stereocenters. The average Bonchev–Trinajstić information content (AvgIpc) is 2.76. The topological polar surface area (TPSA) is 102 Å². The van der Waals surface area contributed by atoms with Crippen molar-refractivity contribution in [2.45, 2.75) is 25.8 Å². The molecule has 1 fully saturated rings. The van der Waals surface area contributed by atoms with E-state index in [0.717, 1.165) is 6.42 Å². The molecule has 0 aromatic carbocycles. The number of hydroxylamine groups is 1. The van der Waals surface area contributed by atoms with Gasteiger partial charge in [-0.05, 0) is 19.8 Å². The van der Waals surface area contributed by atoms with Crippen LogP contribution in [0.2, 0.25) is 0 Å². The SMILES string of the molecule is CC(=O)CONC(=O)C1CCCN1C(=O)CN. The number of likely N-dealkylation sites (tertiary alicyclic amines) is 1. The van der Waals surface area contributed by atoms with E-state index in [2.05, 4.69) is 5.48 Å². The van der Waals surface area contributed by atoms with Gasteiger partial charge in [0, 0.05) is 6.54 Å². The first-order valence-corrected chi connectivity index (χ1v) is 5.47. The first-order chi connectivity index (χ1) is 8.06. The van der Waals surface area contributed by atoms with Gasteiger partial charge in [0.1, 0.15) is 12.6 Å². The molecular formula is C10H17N3O4. The second-order valence-electron chi connectivity index (χ2n) is 3.91. The molecule has 0 radical (unpaired) electrons. The van der Waals surface area contributed by atoms with Crippen molar-refractivity contribution in [1.29, 1.82) is 0 Å². The largest absolute Gasteiger partial charge is 0.329 e. The Morgan fingerprint density at radius 2 is 2.18 bits per heavy atom. The first-order valence-electron chi connectivity index (χ1n) is 5.47. The van der Waals surface area contributed by atoms with Crippen LogP contribution in [0.25, 0.3) is 0 Å². The van der Waals surface area contributed by atoms with Crippen LogP contribution in [0, 0.1) is 0 Å². The Hall–Kier alpha value is -1.47. The highest BCUT2D eigenvalue weighted by Crippen LogP contribution is 2.17. The molecule has 3 N–H and O–H groups in total. The number of hydrogen-bond donors (Lipinski definition) is 2. The minimum Gasteiger partial charge on any atom is -0.329 e. The van der Waals surface area contributed by atoms with Crippen LogP contribution in [0.15, 0.2) is 0 Å². The fourth-order valence-corrected chi connectivity index (χ4v) is 1.73. The molecule has 17 heavy (non-hydrogen) atoms. The van der Waals surface area contributed by atoms with Crippen LogP contribution in [0.1, 0.15) is 19.8 Å². The van der Waals surface area contributed by atoms with Gasteiger partial charge in [-0.1, -0.05) is 0 Å². The highest BCUT2D eigenvalue weighted by atomic mass is 16.7. The van der Waals surface area contributed by atoms with E-state index in [4.69, 9.17) is 10.6 Å². The van der Waals surface area contributed by atoms with E-state index < -0.39 is 11.9 Å². The third-order valence-corrected chi connectivity index (χ3v) is 2.50. The van der Waals surface area contributed by atoms with E-state index in [0.29, 0.717) is 13.0 Å². The van der Waals surface area contributed by atoms with E-state index in [1.165, 1.54) is 11.8 Å². The molecule has 7 nitrogen and oxygen atoms in total. The predicted octanol–water partition coefficient (Wildman–Crippen LogP) is -1.43. The van der Waals surface area contributed by atoms with Gasteiger partial charge in [-0.25, -0.2) is 5.48 Å². The zero-order valence-electron chi connectivity index (χ0n) is 9.77. The van der Waals surface area contributed by atoms with Crippen molar-refractivity contribution in [3.63, 3.8) is 0 Å². The molecule has 0 saturated carbocycles. The van der Waals surface area contributed by atoms with Crippen LogP contribution < -0.4 is 11.2 Å². The van der Waals surface area contributed by atoms with Gasteiger partial charge in [-0.2, -0.15) is 0 Å². The lowest BCUT2D eigenvalue weighted by molar-refractivity contribution is -0.146. The molecule has 1 saturated heterocycles. The fourth-order valence-electron chi connectivity index (χ4n) is 1.73. The number of nitrogens with one attached hydrogen (secondary N) is 1. The Kier molecular flexibility index (Phi) is 5.05. The average molecular weight is 243 g/mol. The second kappa shape index (κ2) is 6.31. The lowest BCUT2D eigenvalue weighted by Crippen LogP contribution is -2.47. The molecule has 1 heterocycles. The number of Topliss-reactive ketones (excluding diaryl/α,β-unsaturated/α-hetero) is 1. The van der Waals surface area contributed by atoms with Gasteiger partial charge in [0.15, 0.2) is 5.78 Å². The second-order valence-corrected chi connectivity index (χ2v) is 3.91. The Morgan fingerprint density at radius 1 is 1.47 bits per heavy atom. The number of carbonyl (C=O) groups is 3. The van der Waals surface area contributed by atoms with Gasteiger partial charge < -0.3 is 10.6 Å². The number of carbonyl (C=O) groups excluding carboxylic acids is 3. The first kappa shape index (κ1) is 13.6. The van der Waals surface area contributed by atoms with Crippen molar-refractivity contribution < 1.29 is 19.2 Å². The Balaban J connectivity index is 2.44. The smallest absolute Gasteiger partial charge is 0.266 e. The third kappa shape index (κ3) is 3.79. The zero-order chi connectivity index (χ0) is 12.8. The van der Waals surface area contributed by atoms with Crippen LogP contribution in [-0.2, 0) is 19.2 Å². The Bertz CT molecular complexity index is 319. The molecule has 0 bridgehead atoms. The van der Waals surface area contributed by atoms with E-state index in [1.807, 2.05) is 0 Å². The number of rotatable bonds is 5. The Labute approximate surface area is 99.2 Å². The molecule has 0 aliphatic carbocycles. The number of amides is 2. The van der Waals surface area contributed by atoms with Crippen molar-refractivity contribution in [2.75, 3.05) is 19.7 Å². The Morgan fingerprint density at radius 3 is 2.76 bits per heavy atom. The molecule has 0 spiro atoms. The summed E-state index contributed by atoms with van der Waals surface area (Å²) in [6.45, 7) is 1.59. The normalized spacial score (nSPS) is 19.2. The molecule has 96 valence electrons. The van der Waals surface area contributed by atoms with E-state index in [9.17, 15) is 14.4 Å². The highest BCUT2D eigenvalue weighted by Gasteiger charge is 2.33. The summed E-state index contributed by atoms with van der Waals surface area (Å²) in [4.78, 5) is 39.9. The van der Waals surface area contributed by atoms with Gasteiger partial charge in [-0.15, -0.1) is 0 Å². The van der Waals surface area contributed by atoms with Gasteiger partial charge in [-0.3, -0.25) is 19.2 Å². The lowest BCUT2D eigenvalue weighted by Gasteiger charge is -2.22. The van der Waals surface area contributed by atoms with Crippen molar-refractivity contribution in [3.8, 4) is 0 Å². The molecule has 7 heteroatoms. The maximum Gasteiger partial charge on any atom is 0.266 e. The maximum absolute atomic E-state index is 11.7. The van der Waals surface area contributed by atoms with Crippen LogP contribution in [0.4, 0.5) is 0 Å². The van der Waals surface area contributed by atoms with Gasteiger partial charge in [0.2, 0.25) is 5.91 Å². The van der Waals surface area contributed by atoms with Gasteiger partial charge >= 0.3 is 0 Å². The third-order valence-electron chi connectivity index (χ3n) is 2.50. The summed E-state index contributed by atoms with van der Waals surface area (Å²) in [5.41, 5.74) is 7.43. The summed E-state index contributed by atoms with van der Waals surface area (Å²) in [5.74, 6) is -0.855. The van der Waals surface area contributed by atoms with E-state index in [1.54, 1.807) is 0 Å². The molecule has 0 aromatic rings. The minimum absolute atomic E-state index is 0.113. The number of nitrogens with zero attached hydrogens (tertiary/aromatic N) is 1. The fraction of sp³-hybridized carbons (Fsp3) is 0.700. The highest BCUT2D eigenvalue weighted by molar-refractivity contribution is 5.88. The molecule has 1 rings (SSSR count). The van der Waals surface area contributed by atoms with Crippen molar-refractivity contribution >= 4 is 17.6 Å². The molecular weight excluding hydrogens is 226 g/mol. The maximum atomic E-state index is 11.7. The van der Waals surface area contributed by atoms with Crippen molar-refractivity contribution in [3.05, 3.63) is 0 Å². The summed E-state index contributed by atoms with van der Waals surface area (Å²) in [6.07, 6.45) is 1.34. The molecule has 1 aliphatic rings. The van der Waals surface area contributed by atoms with E-state index in [-0.39, 0.29) is 24.8 Å². The predicted molar refractivity (Wildman–Crippen MR) is 58.6 cm³/mol. The summed E-state index contributed by atoms with van der Waals surface area (Å²) < 4.78 is 0. The molecule has 2 amide bonds. The minimum atomic E-state index is -0.544. The lowest BCUT2D eigenvalue weighted by atomic mass is 10.2. The summed E-state index contributed by atoms with van der Waals surface area (Å²) in [5, 5.41) is 0. The number of nitrogens with two attached hydrogens (primary N) is 1. The van der Waals surface area contributed by atoms with E-state index >= 15 is 0 Å². The van der Waals surface area contributed by atoms with Crippen LogP contribution in [0.3, 0.4) is 0 Å². The van der Waals surface area contributed by atoms with Crippen molar-refractivity contribution in [1.82, 2.24) is 10.4 Å². The summed E-state index contributed by atoms with van der Waals surface area (Å²) in [6, 6.07) is -0.544. The van der Waals surface area contributed by atoms with Crippen LogP contribution in [-0.4, -0.2) is 48.2 Å². The number of hydrogen-bond acceptors (Lipinski definition) is 5.